The summed E-state index contributed by atoms with van der Waals surface area (Å²) in [5.74, 6) is -2.75. The summed E-state index contributed by atoms with van der Waals surface area (Å²) in [6.07, 6.45) is 1.51. The monoisotopic (exact) mass is 304 g/mol. The average molecular weight is 304 g/mol. The van der Waals surface area contributed by atoms with Crippen molar-refractivity contribution in [3.05, 3.63) is 29.3 Å². The van der Waals surface area contributed by atoms with Crippen LogP contribution in [-0.4, -0.2) is 20.4 Å². The number of amides is 1. The summed E-state index contributed by atoms with van der Waals surface area (Å²) in [5.41, 5.74) is -0.659. The molecule has 1 saturated carbocycles. The van der Waals surface area contributed by atoms with Crippen molar-refractivity contribution in [1.29, 1.82) is 0 Å². The number of nitrogens with two attached hydrogens (primary N) is 1. The van der Waals surface area contributed by atoms with E-state index in [9.17, 15) is 22.0 Å². The topological polar surface area (TPSA) is 89.3 Å². The maximum Gasteiger partial charge on any atom is 0.254 e. The molecule has 0 saturated heterocycles. The van der Waals surface area contributed by atoms with Crippen LogP contribution < -0.4 is 10.5 Å². The minimum atomic E-state index is -4.44. The van der Waals surface area contributed by atoms with Gasteiger partial charge < -0.3 is 5.32 Å². The van der Waals surface area contributed by atoms with E-state index in [0.29, 0.717) is 18.1 Å². The Labute approximate surface area is 115 Å². The molecule has 3 N–H and O–H groups in total. The quantitative estimate of drug-likeness (QED) is 0.877. The molecule has 1 aliphatic carbocycles. The molecule has 0 bridgehead atoms. The number of nitrogens with one attached hydrogen (secondary N) is 1. The van der Waals surface area contributed by atoms with E-state index in [1.807, 2.05) is 6.92 Å². The highest BCUT2D eigenvalue weighted by Gasteiger charge is 2.29. The standard InChI is InChI=1S/C12H14F2N2O3S/c1-6-2-8(3-6)16-12(17)9-4-7(13)5-10(11(9)14)20(15,18)19/h4-6,8H,2-3H2,1H3,(H,16,17)(H2,15,18,19). The van der Waals surface area contributed by atoms with Crippen molar-refractivity contribution in [1.82, 2.24) is 5.32 Å². The Morgan fingerprint density at radius 3 is 2.45 bits per heavy atom. The van der Waals surface area contributed by atoms with E-state index in [1.54, 1.807) is 0 Å². The molecule has 8 heteroatoms. The Bertz CT molecular complexity index is 655. The number of hydrogen-bond donors (Lipinski definition) is 2. The van der Waals surface area contributed by atoms with Crippen molar-refractivity contribution in [2.45, 2.75) is 30.7 Å². The molecule has 1 aliphatic rings. The summed E-state index contributed by atoms with van der Waals surface area (Å²) in [6.45, 7) is 2.00. The highest BCUT2D eigenvalue weighted by molar-refractivity contribution is 7.89. The van der Waals surface area contributed by atoms with Crippen LogP contribution in [0.5, 0.6) is 0 Å². The fraction of sp³-hybridized carbons (Fsp3) is 0.417. The van der Waals surface area contributed by atoms with Gasteiger partial charge in [0.25, 0.3) is 5.91 Å². The number of carbonyl (C=O) groups excluding carboxylic acids is 1. The van der Waals surface area contributed by atoms with Gasteiger partial charge in [-0.05, 0) is 30.9 Å². The van der Waals surface area contributed by atoms with Crippen LogP contribution in [0, 0.1) is 17.6 Å². The molecule has 1 aromatic rings. The Balaban J connectivity index is 2.32. The van der Waals surface area contributed by atoms with Crippen LogP contribution in [0.1, 0.15) is 30.1 Å². The van der Waals surface area contributed by atoms with Crippen LogP contribution in [-0.2, 0) is 10.0 Å². The smallest absolute Gasteiger partial charge is 0.254 e. The summed E-state index contributed by atoms with van der Waals surface area (Å²) >= 11 is 0. The van der Waals surface area contributed by atoms with Crippen molar-refractivity contribution in [3.8, 4) is 0 Å². The molecule has 0 aromatic heterocycles. The molecule has 1 fully saturated rings. The molecular formula is C12H14F2N2O3S. The SMILES string of the molecule is CC1CC(NC(=O)c2cc(F)cc(S(N)(=O)=O)c2F)C1. The molecule has 20 heavy (non-hydrogen) atoms. The van der Waals surface area contributed by atoms with E-state index >= 15 is 0 Å². The predicted molar refractivity (Wildman–Crippen MR) is 67.4 cm³/mol. The minimum absolute atomic E-state index is 0.0990. The van der Waals surface area contributed by atoms with Crippen LogP contribution in [0.2, 0.25) is 0 Å². The van der Waals surface area contributed by atoms with E-state index < -0.39 is 38.0 Å². The third-order valence-corrected chi connectivity index (χ3v) is 4.17. The number of hydrogen-bond acceptors (Lipinski definition) is 3. The van der Waals surface area contributed by atoms with E-state index in [2.05, 4.69) is 5.32 Å². The van der Waals surface area contributed by atoms with Crippen LogP contribution in [0.25, 0.3) is 0 Å². The number of rotatable bonds is 3. The predicted octanol–water partition coefficient (Wildman–Crippen LogP) is 1.14. The summed E-state index contributed by atoms with van der Waals surface area (Å²) in [7, 11) is -4.44. The van der Waals surface area contributed by atoms with E-state index in [4.69, 9.17) is 5.14 Å². The fourth-order valence-corrected chi connectivity index (χ4v) is 2.86. The number of carbonyl (C=O) groups is 1. The Kier molecular flexibility index (Phi) is 3.79. The molecule has 1 aromatic carbocycles. The zero-order valence-electron chi connectivity index (χ0n) is 10.7. The molecule has 0 aliphatic heterocycles. The largest absolute Gasteiger partial charge is 0.349 e. The van der Waals surface area contributed by atoms with Gasteiger partial charge in [-0.3, -0.25) is 4.79 Å². The second kappa shape index (κ2) is 5.10. The first-order chi connectivity index (χ1) is 9.18. The van der Waals surface area contributed by atoms with Crippen molar-refractivity contribution in [2.75, 3.05) is 0 Å². The minimum Gasteiger partial charge on any atom is -0.349 e. The van der Waals surface area contributed by atoms with Gasteiger partial charge in [0, 0.05) is 6.04 Å². The maximum atomic E-state index is 14.0. The van der Waals surface area contributed by atoms with Crippen molar-refractivity contribution < 1.29 is 22.0 Å². The summed E-state index contributed by atoms with van der Waals surface area (Å²) in [5, 5.41) is 7.31. The molecule has 110 valence electrons. The molecule has 0 unspecified atom stereocenters. The summed E-state index contributed by atoms with van der Waals surface area (Å²) in [6, 6.07) is 1.01. The first-order valence-corrected chi connectivity index (χ1v) is 7.56. The second-order valence-electron chi connectivity index (χ2n) is 5.06. The maximum absolute atomic E-state index is 14.0. The number of benzene rings is 1. The Morgan fingerprint density at radius 2 is 1.95 bits per heavy atom. The molecule has 5 nitrogen and oxygen atoms in total. The fourth-order valence-electron chi connectivity index (χ4n) is 2.22. The van der Waals surface area contributed by atoms with Gasteiger partial charge in [0.05, 0.1) is 5.56 Å². The third-order valence-electron chi connectivity index (χ3n) is 3.26. The van der Waals surface area contributed by atoms with Gasteiger partial charge in [0.1, 0.15) is 10.7 Å². The Hall–Kier alpha value is -1.54. The molecule has 1 amide bonds. The zero-order chi connectivity index (χ0) is 15.1. The van der Waals surface area contributed by atoms with Gasteiger partial charge in [-0.1, -0.05) is 6.92 Å². The molecule has 0 heterocycles. The first-order valence-electron chi connectivity index (χ1n) is 6.01. The first kappa shape index (κ1) is 14.9. The lowest BCUT2D eigenvalue weighted by Gasteiger charge is -2.33. The molecule has 0 spiro atoms. The molecular weight excluding hydrogens is 290 g/mol. The van der Waals surface area contributed by atoms with Crippen molar-refractivity contribution in [3.63, 3.8) is 0 Å². The highest BCUT2D eigenvalue weighted by atomic mass is 32.2. The van der Waals surface area contributed by atoms with Crippen molar-refractivity contribution >= 4 is 15.9 Å². The Morgan fingerprint density at radius 1 is 1.35 bits per heavy atom. The number of primary sulfonamides is 1. The highest BCUT2D eigenvalue weighted by Crippen LogP contribution is 2.27. The summed E-state index contributed by atoms with van der Waals surface area (Å²) < 4.78 is 49.6. The zero-order valence-corrected chi connectivity index (χ0v) is 11.5. The van der Waals surface area contributed by atoms with E-state index in [0.717, 1.165) is 12.8 Å². The van der Waals surface area contributed by atoms with E-state index in [-0.39, 0.29) is 6.04 Å². The van der Waals surface area contributed by atoms with Gasteiger partial charge in [0.15, 0.2) is 5.82 Å². The van der Waals surface area contributed by atoms with Crippen molar-refractivity contribution in [2.24, 2.45) is 11.1 Å². The lowest BCUT2D eigenvalue weighted by molar-refractivity contribution is 0.0891. The van der Waals surface area contributed by atoms with Gasteiger partial charge >= 0.3 is 0 Å². The number of sulfonamides is 1. The van der Waals surface area contributed by atoms with Gasteiger partial charge in [-0.15, -0.1) is 0 Å². The molecule has 0 radical (unpaired) electrons. The van der Waals surface area contributed by atoms with Crippen LogP contribution >= 0.6 is 0 Å². The third kappa shape index (κ3) is 2.96. The molecule has 2 rings (SSSR count). The second-order valence-corrected chi connectivity index (χ2v) is 6.59. The summed E-state index contributed by atoms with van der Waals surface area (Å²) in [4.78, 5) is 10.8. The average Bonchev–Trinajstić information content (AvgIpc) is 2.28. The van der Waals surface area contributed by atoms with Gasteiger partial charge in [-0.25, -0.2) is 22.3 Å². The van der Waals surface area contributed by atoms with Crippen LogP contribution in [0.4, 0.5) is 8.78 Å². The normalized spacial score (nSPS) is 22.2. The van der Waals surface area contributed by atoms with Gasteiger partial charge in [-0.2, -0.15) is 0 Å². The lowest BCUT2D eigenvalue weighted by Crippen LogP contribution is -2.43. The van der Waals surface area contributed by atoms with Crippen LogP contribution in [0.3, 0.4) is 0 Å². The van der Waals surface area contributed by atoms with E-state index in [1.165, 1.54) is 0 Å². The van der Waals surface area contributed by atoms with Gasteiger partial charge in [0.2, 0.25) is 10.0 Å². The number of halogens is 2. The van der Waals surface area contributed by atoms with Crippen LogP contribution in [0.15, 0.2) is 17.0 Å². The molecule has 0 atom stereocenters. The lowest BCUT2D eigenvalue weighted by atomic mass is 9.82.